The molecule has 57 valence electrons. The van der Waals surface area contributed by atoms with Gasteiger partial charge in [0.2, 0.25) is 0 Å². The van der Waals surface area contributed by atoms with Crippen LogP contribution in [0, 0.1) is 0 Å². The van der Waals surface area contributed by atoms with Crippen molar-refractivity contribution in [3.63, 3.8) is 0 Å². The molecule has 0 radical (unpaired) electrons. The van der Waals surface area contributed by atoms with Crippen molar-refractivity contribution in [1.82, 2.24) is 0 Å². The van der Waals surface area contributed by atoms with Crippen molar-refractivity contribution in [2.45, 2.75) is 0 Å². The van der Waals surface area contributed by atoms with Gasteiger partial charge in [-0.3, -0.25) is 0 Å². The zero-order chi connectivity index (χ0) is 7.61. The quantitative estimate of drug-likeness (QED) is 0.584. The molecule has 0 fully saturated rings. The van der Waals surface area contributed by atoms with Crippen LogP contribution in [-0.2, 0) is 13.1 Å². The Morgan fingerprint density at radius 2 is 1.60 bits per heavy atom. The Balaban J connectivity index is 3.09. The van der Waals surface area contributed by atoms with Crippen LogP contribution < -0.4 is 4.46 Å². The molecule has 0 aliphatic heterocycles. The van der Waals surface area contributed by atoms with E-state index in [1.165, 1.54) is 0 Å². The number of hydrogen-bond acceptors (Lipinski definition) is 2. The molecule has 0 bridgehead atoms. The predicted octanol–water partition coefficient (Wildman–Crippen LogP) is -0.288. The second-order valence-corrected chi connectivity index (χ2v) is 4.30. The van der Waals surface area contributed by atoms with Crippen molar-refractivity contribution in [2.24, 2.45) is 0 Å². The third kappa shape index (κ3) is 1.75. The monoisotopic (exact) mass is 181 g/mol. The van der Waals surface area contributed by atoms with E-state index in [0.717, 1.165) is 0 Å². The van der Waals surface area contributed by atoms with Crippen LogP contribution in [0.3, 0.4) is 0 Å². The molecular weight excluding hydrogens is 172 g/mol. The van der Waals surface area contributed by atoms with Crippen LogP contribution in [0.2, 0.25) is 0 Å². The van der Waals surface area contributed by atoms with E-state index in [-0.39, 0.29) is 0 Å². The van der Waals surface area contributed by atoms with Gasteiger partial charge >= 0.3 is 61.7 Å². The Labute approximate surface area is 62.2 Å². The van der Waals surface area contributed by atoms with Gasteiger partial charge in [-0.15, -0.1) is 0 Å². The Kier molecular flexibility index (Phi) is 2.02. The Hall–Kier alpha value is -0.471. The molecule has 1 aromatic carbocycles. The first-order valence-corrected chi connectivity index (χ1v) is 4.97. The second kappa shape index (κ2) is 2.64. The summed E-state index contributed by atoms with van der Waals surface area (Å²) in [5.41, 5.74) is 3.28. The molecule has 2 N–H and O–H groups in total. The van der Waals surface area contributed by atoms with Crippen LogP contribution in [0.1, 0.15) is 0 Å². The van der Waals surface area contributed by atoms with E-state index in [1.807, 2.05) is 6.07 Å². The average Bonchev–Trinajstić information content (AvgIpc) is 1.88. The van der Waals surface area contributed by atoms with Gasteiger partial charge in [0.25, 0.3) is 0 Å². The molecule has 0 spiro atoms. The summed E-state index contributed by atoms with van der Waals surface area (Å²) in [6.45, 7) is 0. The molecule has 0 aliphatic carbocycles. The van der Waals surface area contributed by atoms with E-state index in [1.54, 1.807) is 24.3 Å². The SMILES string of the molecule is [CH2]=[Fe]([OH])([OH])[c]1ccccc1. The number of hydrogen-bond donors (Lipinski definition) is 2. The summed E-state index contributed by atoms with van der Waals surface area (Å²) in [6, 6.07) is 8.65. The van der Waals surface area contributed by atoms with Crippen LogP contribution in [0.4, 0.5) is 0 Å². The first-order valence-electron chi connectivity index (χ1n) is 2.65. The topological polar surface area (TPSA) is 40.5 Å². The van der Waals surface area contributed by atoms with Crippen molar-refractivity contribution < 1.29 is 21.4 Å². The summed E-state index contributed by atoms with van der Waals surface area (Å²) in [5.74, 6) is 0. The summed E-state index contributed by atoms with van der Waals surface area (Å²) in [6.07, 6.45) is 0. The Morgan fingerprint density at radius 1 is 1.10 bits per heavy atom. The predicted molar refractivity (Wildman–Crippen MR) is 37.6 cm³/mol. The molecule has 0 aromatic heterocycles. The molecule has 2 nitrogen and oxygen atoms in total. The first kappa shape index (κ1) is 7.63. The first-order chi connectivity index (χ1) is 4.61. The van der Waals surface area contributed by atoms with Crippen LogP contribution >= 0.6 is 0 Å². The van der Waals surface area contributed by atoms with Crippen LogP contribution in [-0.4, -0.2) is 13.8 Å². The normalized spacial score (nSPS) is 13.0. The van der Waals surface area contributed by atoms with Crippen LogP contribution in [0.5, 0.6) is 0 Å². The van der Waals surface area contributed by atoms with Gasteiger partial charge in [-0.25, -0.2) is 0 Å². The van der Waals surface area contributed by atoms with Gasteiger partial charge in [0.1, 0.15) is 0 Å². The standard InChI is InChI=1S/C6H5.CH2.Fe.2H2O/c1-2-4-6-5-3-1;;;;/h1-5H;1H2;;2*1H2/q;;+2;;/p-2. The van der Waals surface area contributed by atoms with Crippen molar-refractivity contribution in [2.75, 3.05) is 0 Å². The maximum absolute atomic E-state index is 9.06. The fourth-order valence-corrected chi connectivity index (χ4v) is 1.40. The average molecular weight is 181 g/mol. The summed E-state index contributed by atoms with van der Waals surface area (Å²) in [4.78, 5) is 0. The molecule has 0 unspecified atom stereocenters. The van der Waals surface area contributed by atoms with Crippen molar-refractivity contribution in [3.05, 3.63) is 30.3 Å². The van der Waals surface area contributed by atoms with Crippen molar-refractivity contribution in [3.8, 4) is 0 Å². The van der Waals surface area contributed by atoms with Crippen molar-refractivity contribution >= 4 is 9.89 Å². The van der Waals surface area contributed by atoms with E-state index in [9.17, 15) is 0 Å². The van der Waals surface area contributed by atoms with E-state index in [0.29, 0.717) is 4.46 Å². The van der Waals surface area contributed by atoms with Crippen LogP contribution in [0.15, 0.2) is 30.3 Å². The molecular formula is C7H9FeO2. The van der Waals surface area contributed by atoms with Gasteiger partial charge in [-0.05, 0) is 0 Å². The van der Waals surface area contributed by atoms with E-state index >= 15 is 0 Å². The van der Waals surface area contributed by atoms with E-state index in [4.69, 9.17) is 8.38 Å². The third-order valence-electron chi connectivity index (χ3n) is 1.05. The fourth-order valence-electron chi connectivity index (χ4n) is 0.599. The molecule has 3 heteroatoms. The second-order valence-electron chi connectivity index (χ2n) is 1.86. The van der Waals surface area contributed by atoms with Gasteiger partial charge in [-0.1, -0.05) is 0 Å². The number of rotatable bonds is 1. The minimum atomic E-state index is -3.15. The van der Waals surface area contributed by atoms with Crippen LogP contribution in [0.25, 0.3) is 0 Å². The molecule has 0 atom stereocenters. The Bertz CT molecular complexity index is 250. The van der Waals surface area contributed by atoms with Gasteiger partial charge < -0.3 is 0 Å². The molecule has 0 saturated carbocycles. The van der Waals surface area contributed by atoms with Gasteiger partial charge in [-0.2, -0.15) is 0 Å². The maximum atomic E-state index is 9.06. The molecule has 0 saturated heterocycles. The third-order valence-corrected chi connectivity index (χ3v) is 2.44. The van der Waals surface area contributed by atoms with E-state index in [2.05, 4.69) is 5.42 Å². The van der Waals surface area contributed by atoms with Gasteiger partial charge in [0, 0.05) is 0 Å². The summed E-state index contributed by atoms with van der Waals surface area (Å²) in [7, 11) is 0. The zero-order valence-electron chi connectivity index (χ0n) is 5.34. The Morgan fingerprint density at radius 3 is 1.90 bits per heavy atom. The van der Waals surface area contributed by atoms with Crippen molar-refractivity contribution in [1.29, 1.82) is 0 Å². The van der Waals surface area contributed by atoms with E-state index < -0.39 is 13.1 Å². The summed E-state index contributed by atoms with van der Waals surface area (Å²) < 4.78 is 18.6. The molecule has 10 heavy (non-hydrogen) atoms. The molecule has 1 aromatic rings. The number of benzene rings is 1. The summed E-state index contributed by atoms with van der Waals surface area (Å²) in [5, 5.41) is 0. The molecule has 0 heterocycles. The summed E-state index contributed by atoms with van der Waals surface area (Å²) >= 11 is -3.15. The molecule has 1 rings (SSSR count). The zero-order valence-corrected chi connectivity index (χ0v) is 6.45. The molecule has 0 amide bonds. The molecule has 0 aliphatic rings. The van der Waals surface area contributed by atoms with Gasteiger partial charge in [0.15, 0.2) is 0 Å². The van der Waals surface area contributed by atoms with Gasteiger partial charge in [0.05, 0.1) is 0 Å². The fraction of sp³-hybridized carbons (Fsp3) is 0. The minimum absolute atomic E-state index is 0.523.